The predicted molar refractivity (Wildman–Crippen MR) is 72.5 cm³/mol. The minimum atomic E-state index is -0.742. The van der Waals surface area contributed by atoms with Crippen LogP contribution in [0.15, 0.2) is 18.2 Å². The molecule has 1 aliphatic carbocycles. The van der Waals surface area contributed by atoms with E-state index in [4.69, 9.17) is 0 Å². The van der Waals surface area contributed by atoms with Crippen molar-refractivity contribution in [3.63, 3.8) is 0 Å². The summed E-state index contributed by atoms with van der Waals surface area (Å²) in [5, 5.41) is 2.53. The van der Waals surface area contributed by atoms with Gasteiger partial charge in [-0.1, -0.05) is 12.8 Å². The van der Waals surface area contributed by atoms with E-state index < -0.39 is 11.6 Å². The molecule has 1 aromatic carbocycles. The lowest BCUT2D eigenvalue weighted by Gasteiger charge is -2.23. The molecule has 108 valence electrons. The third-order valence-corrected chi connectivity index (χ3v) is 4.56. The number of urea groups is 1. The van der Waals surface area contributed by atoms with Gasteiger partial charge >= 0.3 is 6.03 Å². The molecular formula is C15H18F2N2O. The third kappa shape index (κ3) is 2.49. The Balaban J connectivity index is 1.65. The van der Waals surface area contributed by atoms with Gasteiger partial charge in [-0.25, -0.2) is 13.6 Å². The van der Waals surface area contributed by atoms with Crippen LogP contribution < -0.4 is 5.32 Å². The minimum absolute atomic E-state index is 0.0313. The molecule has 0 unspecified atom stereocenters. The van der Waals surface area contributed by atoms with E-state index in [9.17, 15) is 13.6 Å². The second-order valence-corrected chi connectivity index (χ2v) is 5.93. The summed E-state index contributed by atoms with van der Waals surface area (Å²) in [5.41, 5.74) is 0.322. The highest BCUT2D eigenvalue weighted by Gasteiger charge is 2.41. The van der Waals surface area contributed by atoms with Crippen molar-refractivity contribution in [2.45, 2.75) is 32.1 Å². The highest BCUT2D eigenvalue weighted by molar-refractivity contribution is 5.89. The first-order valence-corrected chi connectivity index (χ1v) is 7.09. The number of carbonyl (C=O) groups is 1. The molecule has 1 saturated heterocycles. The molecule has 2 aliphatic rings. The Kier molecular flexibility index (Phi) is 3.36. The van der Waals surface area contributed by atoms with E-state index in [0.29, 0.717) is 12.0 Å². The Bertz CT molecular complexity index is 527. The molecule has 2 amide bonds. The van der Waals surface area contributed by atoms with Crippen LogP contribution in [0.2, 0.25) is 0 Å². The summed E-state index contributed by atoms with van der Waals surface area (Å²) in [7, 11) is 0. The molecule has 1 heterocycles. The van der Waals surface area contributed by atoms with Gasteiger partial charge in [0.1, 0.15) is 11.6 Å². The lowest BCUT2D eigenvalue weighted by atomic mass is 9.86. The van der Waals surface area contributed by atoms with Crippen molar-refractivity contribution in [3.05, 3.63) is 29.8 Å². The van der Waals surface area contributed by atoms with Crippen molar-refractivity contribution in [1.82, 2.24) is 4.90 Å². The van der Waals surface area contributed by atoms with E-state index in [2.05, 4.69) is 5.32 Å². The first-order chi connectivity index (χ1) is 9.58. The van der Waals surface area contributed by atoms with Gasteiger partial charge in [-0.15, -0.1) is 0 Å². The molecule has 1 spiro atoms. The summed E-state index contributed by atoms with van der Waals surface area (Å²) in [5.74, 6) is -1.39. The van der Waals surface area contributed by atoms with Gasteiger partial charge in [0.05, 0.1) is 5.69 Å². The lowest BCUT2D eigenvalue weighted by molar-refractivity contribution is 0.213. The molecule has 1 N–H and O–H groups in total. The second kappa shape index (κ2) is 5.04. The van der Waals surface area contributed by atoms with E-state index in [1.807, 2.05) is 0 Å². The maximum atomic E-state index is 13.5. The van der Waals surface area contributed by atoms with Crippen LogP contribution in [-0.2, 0) is 0 Å². The van der Waals surface area contributed by atoms with Gasteiger partial charge in [0.2, 0.25) is 0 Å². The standard InChI is InChI=1S/C15H18F2N2O/c16-11-3-4-13(12(17)9-11)18-14(20)19-8-7-15(10-19)5-1-2-6-15/h3-4,9H,1-2,5-8,10H2,(H,18,20). The predicted octanol–water partition coefficient (Wildman–Crippen LogP) is 3.76. The number of anilines is 1. The summed E-state index contributed by atoms with van der Waals surface area (Å²) in [6.07, 6.45) is 5.87. The number of nitrogens with zero attached hydrogens (tertiary/aromatic N) is 1. The molecule has 0 bridgehead atoms. The number of benzene rings is 1. The molecule has 0 aromatic heterocycles. The molecular weight excluding hydrogens is 262 g/mol. The number of hydrogen-bond acceptors (Lipinski definition) is 1. The normalized spacial score (nSPS) is 20.6. The van der Waals surface area contributed by atoms with E-state index in [0.717, 1.165) is 25.1 Å². The van der Waals surface area contributed by atoms with Crippen LogP contribution in [0.5, 0.6) is 0 Å². The Morgan fingerprint density at radius 2 is 1.95 bits per heavy atom. The van der Waals surface area contributed by atoms with Gasteiger partial charge in [-0.3, -0.25) is 0 Å². The second-order valence-electron chi connectivity index (χ2n) is 5.93. The quantitative estimate of drug-likeness (QED) is 0.834. The molecule has 2 fully saturated rings. The van der Waals surface area contributed by atoms with E-state index in [-0.39, 0.29) is 11.7 Å². The Labute approximate surface area is 117 Å². The first kappa shape index (κ1) is 13.3. The largest absolute Gasteiger partial charge is 0.324 e. The molecule has 5 heteroatoms. The Morgan fingerprint density at radius 3 is 2.65 bits per heavy atom. The van der Waals surface area contributed by atoms with Crippen LogP contribution in [0.25, 0.3) is 0 Å². The van der Waals surface area contributed by atoms with Gasteiger partial charge in [-0.2, -0.15) is 0 Å². The minimum Gasteiger partial charge on any atom is -0.324 e. The third-order valence-electron chi connectivity index (χ3n) is 4.56. The fourth-order valence-electron chi connectivity index (χ4n) is 3.43. The average molecular weight is 280 g/mol. The van der Waals surface area contributed by atoms with Gasteiger partial charge in [0.25, 0.3) is 0 Å². The fourth-order valence-corrected chi connectivity index (χ4v) is 3.43. The number of halogens is 2. The van der Waals surface area contributed by atoms with Crippen molar-refractivity contribution < 1.29 is 13.6 Å². The highest BCUT2D eigenvalue weighted by Crippen LogP contribution is 2.45. The maximum Gasteiger partial charge on any atom is 0.321 e. The Hall–Kier alpha value is -1.65. The van der Waals surface area contributed by atoms with Gasteiger partial charge < -0.3 is 10.2 Å². The molecule has 3 nitrogen and oxygen atoms in total. The Morgan fingerprint density at radius 1 is 1.20 bits per heavy atom. The van der Waals surface area contributed by atoms with Crippen molar-refractivity contribution in [2.24, 2.45) is 5.41 Å². The van der Waals surface area contributed by atoms with Gasteiger partial charge in [-0.05, 0) is 36.8 Å². The SMILES string of the molecule is O=C(Nc1ccc(F)cc1F)N1CCC2(CCCC2)C1. The number of hydrogen-bond donors (Lipinski definition) is 1. The van der Waals surface area contributed by atoms with E-state index >= 15 is 0 Å². The lowest BCUT2D eigenvalue weighted by Crippen LogP contribution is -2.35. The van der Waals surface area contributed by atoms with Crippen molar-refractivity contribution in [2.75, 3.05) is 18.4 Å². The summed E-state index contributed by atoms with van der Waals surface area (Å²) in [6.45, 7) is 1.47. The summed E-state index contributed by atoms with van der Waals surface area (Å²) in [6, 6.07) is 2.88. The smallest absolute Gasteiger partial charge is 0.321 e. The molecule has 1 aliphatic heterocycles. The maximum absolute atomic E-state index is 13.5. The number of amides is 2. The highest BCUT2D eigenvalue weighted by atomic mass is 19.1. The van der Waals surface area contributed by atoms with Crippen molar-refractivity contribution in [1.29, 1.82) is 0 Å². The summed E-state index contributed by atoms with van der Waals surface area (Å²) in [4.78, 5) is 13.9. The fraction of sp³-hybridized carbons (Fsp3) is 0.533. The van der Waals surface area contributed by atoms with Crippen molar-refractivity contribution >= 4 is 11.7 Å². The zero-order chi connectivity index (χ0) is 14.2. The first-order valence-electron chi connectivity index (χ1n) is 7.09. The van der Waals surface area contributed by atoms with Crippen LogP contribution in [0.4, 0.5) is 19.3 Å². The topological polar surface area (TPSA) is 32.3 Å². The van der Waals surface area contributed by atoms with Crippen LogP contribution in [-0.4, -0.2) is 24.0 Å². The van der Waals surface area contributed by atoms with Crippen LogP contribution in [0.1, 0.15) is 32.1 Å². The van der Waals surface area contributed by atoms with E-state index in [1.165, 1.54) is 31.7 Å². The molecule has 0 atom stereocenters. The summed E-state index contributed by atoms with van der Waals surface area (Å²) < 4.78 is 26.3. The van der Waals surface area contributed by atoms with Crippen LogP contribution in [0.3, 0.4) is 0 Å². The van der Waals surface area contributed by atoms with Crippen LogP contribution in [0, 0.1) is 17.0 Å². The molecule has 1 aromatic rings. The number of likely N-dealkylation sites (tertiary alicyclic amines) is 1. The monoisotopic (exact) mass is 280 g/mol. The average Bonchev–Trinajstić information content (AvgIpc) is 3.04. The summed E-state index contributed by atoms with van der Waals surface area (Å²) >= 11 is 0. The molecule has 1 saturated carbocycles. The van der Waals surface area contributed by atoms with Gasteiger partial charge in [0.15, 0.2) is 0 Å². The van der Waals surface area contributed by atoms with Gasteiger partial charge in [0, 0.05) is 19.2 Å². The number of nitrogens with one attached hydrogen (secondary N) is 1. The zero-order valence-electron chi connectivity index (χ0n) is 11.3. The number of rotatable bonds is 1. The van der Waals surface area contributed by atoms with Crippen molar-refractivity contribution in [3.8, 4) is 0 Å². The molecule has 0 radical (unpaired) electrons. The molecule has 3 rings (SSSR count). The number of carbonyl (C=O) groups excluding carboxylic acids is 1. The molecule has 20 heavy (non-hydrogen) atoms. The zero-order valence-corrected chi connectivity index (χ0v) is 11.3. The van der Waals surface area contributed by atoms with E-state index in [1.54, 1.807) is 4.90 Å². The van der Waals surface area contributed by atoms with Crippen LogP contribution >= 0.6 is 0 Å².